The Morgan fingerprint density at radius 2 is 1.81 bits per heavy atom. The maximum absolute atomic E-state index is 13.0. The predicted octanol–water partition coefficient (Wildman–Crippen LogP) is 3.25. The van der Waals surface area contributed by atoms with Gasteiger partial charge < -0.3 is 4.90 Å². The molecule has 32 heavy (non-hydrogen) atoms. The van der Waals surface area contributed by atoms with Crippen LogP contribution in [0.3, 0.4) is 0 Å². The molecule has 0 aliphatic heterocycles. The molecule has 0 unspecified atom stereocenters. The normalized spacial score (nSPS) is 11.2. The summed E-state index contributed by atoms with van der Waals surface area (Å²) in [5, 5.41) is 13.0. The number of nitrogens with zero attached hydrogens (tertiary/aromatic N) is 5. The summed E-state index contributed by atoms with van der Waals surface area (Å²) in [7, 11) is 0. The lowest BCUT2D eigenvalue weighted by atomic mass is 10.1. The maximum Gasteiger partial charge on any atom is 0.274 e. The van der Waals surface area contributed by atoms with Crippen LogP contribution in [0.25, 0.3) is 5.78 Å². The second-order valence-electron chi connectivity index (χ2n) is 7.76. The summed E-state index contributed by atoms with van der Waals surface area (Å²) in [4.78, 5) is 29.9. The zero-order chi connectivity index (χ0) is 22.7. The molecule has 0 aliphatic rings. The van der Waals surface area contributed by atoms with E-state index < -0.39 is 0 Å². The molecular formula is C23H24N6O2S. The summed E-state index contributed by atoms with van der Waals surface area (Å²) in [6.45, 7) is 5.97. The van der Waals surface area contributed by atoms with Crippen molar-refractivity contribution in [1.29, 1.82) is 0 Å². The van der Waals surface area contributed by atoms with Gasteiger partial charge in [0.2, 0.25) is 11.1 Å². The average Bonchev–Trinajstić information content (AvgIpc) is 3.16. The molecule has 0 radical (unpaired) electrons. The highest BCUT2D eigenvalue weighted by Gasteiger charge is 2.21. The molecule has 0 spiro atoms. The average molecular weight is 449 g/mol. The molecule has 2 aromatic heterocycles. The van der Waals surface area contributed by atoms with Crippen LogP contribution >= 0.6 is 11.8 Å². The number of carbonyl (C=O) groups is 1. The lowest BCUT2D eigenvalue weighted by molar-refractivity contribution is -0.116. The predicted molar refractivity (Wildman–Crippen MR) is 125 cm³/mol. The fourth-order valence-corrected chi connectivity index (χ4v) is 4.13. The van der Waals surface area contributed by atoms with Crippen LogP contribution in [0.5, 0.6) is 0 Å². The maximum atomic E-state index is 13.0. The molecule has 2 aromatic carbocycles. The van der Waals surface area contributed by atoms with Crippen LogP contribution in [0.4, 0.5) is 5.69 Å². The van der Waals surface area contributed by atoms with Crippen molar-refractivity contribution in [1.82, 2.24) is 24.8 Å². The number of amides is 1. The van der Waals surface area contributed by atoms with Crippen LogP contribution < -0.4 is 10.5 Å². The number of rotatable bonds is 7. The molecule has 2 heterocycles. The number of thioether (sulfide) groups is 1. The summed E-state index contributed by atoms with van der Waals surface area (Å²) < 4.78 is 1.49. The summed E-state index contributed by atoms with van der Waals surface area (Å²) in [5.74, 6) is 0.376. The van der Waals surface area contributed by atoms with Crippen LogP contribution in [-0.4, -0.2) is 42.5 Å². The zero-order valence-corrected chi connectivity index (χ0v) is 19.0. The quantitative estimate of drug-likeness (QED) is 0.436. The van der Waals surface area contributed by atoms with Gasteiger partial charge in [-0.25, -0.2) is 0 Å². The third-order valence-electron chi connectivity index (χ3n) is 4.96. The molecule has 4 aromatic rings. The van der Waals surface area contributed by atoms with Crippen molar-refractivity contribution in [3.63, 3.8) is 0 Å². The number of benzene rings is 2. The van der Waals surface area contributed by atoms with Crippen molar-refractivity contribution in [2.75, 3.05) is 10.7 Å². The van der Waals surface area contributed by atoms with E-state index in [1.165, 1.54) is 16.3 Å². The van der Waals surface area contributed by atoms with Gasteiger partial charge in [-0.2, -0.15) is 9.61 Å². The molecule has 0 fully saturated rings. The standard InChI is InChI=1S/C23H24N6O2S/c1-15(2)28(18-7-5-4-6-8-18)20(30)14-32-23-26-25-22-24-21(31)19(27-29(22)23)13-17-11-9-16(3)10-12-17/h4-12,15H,13-14H2,1-3H3,(H,24,25,31). The molecule has 0 saturated heterocycles. The van der Waals surface area contributed by atoms with Crippen LogP contribution in [-0.2, 0) is 11.2 Å². The number of carbonyl (C=O) groups excluding carboxylic acids is 1. The third kappa shape index (κ3) is 4.72. The fraction of sp³-hybridized carbons (Fsp3) is 0.261. The number of anilines is 1. The second kappa shape index (κ2) is 9.35. The minimum absolute atomic E-state index is 0.0104. The number of nitrogens with one attached hydrogen (secondary N) is 1. The number of aromatic nitrogens is 5. The Balaban J connectivity index is 1.55. The third-order valence-corrected chi connectivity index (χ3v) is 5.86. The molecule has 0 aliphatic carbocycles. The number of aromatic amines is 1. The topological polar surface area (TPSA) is 96.2 Å². The Labute approximate surface area is 189 Å². The van der Waals surface area contributed by atoms with Crippen LogP contribution in [0, 0.1) is 6.92 Å². The summed E-state index contributed by atoms with van der Waals surface area (Å²) in [5.41, 5.74) is 3.05. The minimum Gasteiger partial charge on any atom is -0.309 e. The van der Waals surface area contributed by atoms with E-state index in [9.17, 15) is 9.59 Å². The Hall–Kier alpha value is -3.46. The van der Waals surface area contributed by atoms with E-state index >= 15 is 0 Å². The summed E-state index contributed by atoms with van der Waals surface area (Å²) in [6, 6.07) is 17.5. The first-order chi connectivity index (χ1) is 15.4. The summed E-state index contributed by atoms with van der Waals surface area (Å²) in [6.07, 6.45) is 0.391. The van der Waals surface area contributed by atoms with Crippen LogP contribution in [0.2, 0.25) is 0 Å². The van der Waals surface area contributed by atoms with Gasteiger partial charge in [-0.1, -0.05) is 59.8 Å². The van der Waals surface area contributed by atoms with Gasteiger partial charge in [-0.15, -0.1) is 10.2 Å². The SMILES string of the molecule is Cc1ccc(Cc2nn3c(SCC(=O)N(c4ccccc4)C(C)C)nnc3[nH]c2=O)cc1. The van der Waals surface area contributed by atoms with Gasteiger partial charge >= 0.3 is 0 Å². The van der Waals surface area contributed by atoms with Crippen molar-refractivity contribution >= 4 is 29.1 Å². The van der Waals surface area contributed by atoms with Crippen molar-refractivity contribution < 1.29 is 4.79 Å². The van der Waals surface area contributed by atoms with Gasteiger partial charge in [0.05, 0.1) is 5.75 Å². The Bertz CT molecular complexity index is 1280. The van der Waals surface area contributed by atoms with Crippen molar-refractivity contribution in [3.8, 4) is 0 Å². The van der Waals surface area contributed by atoms with Crippen LogP contribution in [0.15, 0.2) is 64.5 Å². The van der Waals surface area contributed by atoms with E-state index in [0.717, 1.165) is 16.8 Å². The molecule has 1 N–H and O–H groups in total. The highest BCUT2D eigenvalue weighted by atomic mass is 32.2. The van der Waals surface area contributed by atoms with Crippen molar-refractivity contribution in [2.24, 2.45) is 0 Å². The van der Waals surface area contributed by atoms with Gasteiger partial charge in [0.1, 0.15) is 5.69 Å². The highest BCUT2D eigenvalue weighted by Crippen LogP contribution is 2.21. The van der Waals surface area contributed by atoms with Gasteiger partial charge in [-0.3, -0.25) is 14.6 Å². The van der Waals surface area contributed by atoms with E-state index in [1.807, 2.05) is 75.4 Å². The fourth-order valence-electron chi connectivity index (χ4n) is 3.39. The lowest BCUT2D eigenvalue weighted by Crippen LogP contribution is -2.38. The number of H-pyrrole nitrogens is 1. The second-order valence-corrected chi connectivity index (χ2v) is 8.71. The van der Waals surface area contributed by atoms with Gasteiger partial charge in [-0.05, 0) is 38.5 Å². The molecule has 0 bridgehead atoms. The number of hydrogen-bond acceptors (Lipinski definition) is 6. The molecule has 0 saturated carbocycles. The number of hydrogen-bond donors (Lipinski definition) is 1. The van der Waals surface area contributed by atoms with Crippen molar-refractivity contribution in [2.45, 2.75) is 38.4 Å². The molecule has 0 atom stereocenters. The van der Waals surface area contributed by atoms with Gasteiger partial charge in [0.15, 0.2) is 0 Å². The largest absolute Gasteiger partial charge is 0.309 e. The first-order valence-corrected chi connectivity index (χ1v) is 11.3. The van der Waals surface area contributed by atoms with Gasteiger partial charge in [0.25, 0.3) is 11.3 Å². The summed E-state index contributed by atoms with van der Waals surface area (Å²) >= 11 is 1.24. The van der Waals surface area contributed by atoms with Crippen molar-refractivity contribution in [3.05, 3.63) is 81.8 Å². The van der Waals surface area contributed by atoms with E-state index in [4.69, 9.17) is 0 Å². The Morgan fingerprint density at radius 1 is 1.09 bits per heavy atom. The zero-order valence-electron chi connectivity index (χ0n) is 18.1. The van der Waals surface area contributed by atoms with Gasteiger partial charge in [0, 0.05) is 18.2 Å². The number of fused-ring (bicyclic) bond motifs is 1. The highest BCUT2D eigenvalue weighted by molar-refractivity contribution is 7.99. The van der Waals surface area contributed by atoms with E-state index in [1.54, 1.807) is 4.90 Å². The molecule has 8 nitrogen and oxygen atoms in total. The smallest absolute Gasteiger partial charge is 0.274 e. The lowest BCUT2D eigenvalue weighted by Gasteiger charge is -2.26. The first kappa shape index (κ1) is 21.8. The van der Waals surface area contributed by atoms with E-state index in [-0.39, 0.29) is 29.0 Å². The van der Waals surface area contributed by atoms with E-state index in [2.05, 4.69) is 20.3 Å². The molecule has 9 heteroatoms. The van der Waals surface area contributed by atoms with E-state index in [0.29, 0.717) is 17.3 Å². The molecule has 4 rings (SSSR count). The monoisotopic (exact) mass is 448 g/mol. The minimum atomic E-state index is -0.298. The molecular weight excluding hydrogens is 424 g/mol. The Morgan fingerprint density at radius 3 is 2.50 bits per heavy atom. The molecule has 1 amide bonds. The first-order valence-electron chi connectivity index (χ1n) is 10.3. The number of para-hydroxylation sites is 1. The van der Waals surface area contributed by atoms with Crippen LogP contribution in [0.1, 0.15) is 30.7 Å². The molecule has 164 valence electrons. The number of aryl methyl sites for hydroxylation is 1. The Kier molecular flexibility index (Phi) is 6.36.